The number of hydrogen-bond acceptors (Lipinski definition) is 3. The Morgan fingerprint density at radius 2 is 2.06 bits per heavy atom. The first-order valence-corrected chi connectivity index (χ1v) is 5.69. The van der Waals surface area contributed by atoms with Crippen molar-refractivity contribution in [3.05, 3.63) is 30.1 Å². The van der Waals surface area contributed by atoms with Crippen LogP contribution in [0.2, 0.25) is 0 Å². The molecule has 0 spiro atoms. The SMILES string of the molecule is C=C(C)c1nccc(NC(=O)C(C)(C)C)c1C=O. The topological polar surface area (TPSA) is 59.1 Å². The highest BCUT2D eigenvalue weighted by Crippen LogP contribution is 2.23. The van der Waals surface area contributed by atoms with Crippen molar-refractivity contribution in [2.75, 3.05) is 5.32 Å². The average molecular weight is 246 g/mol. The number of hydrogen-bond donors (Lipinski definition) is 1. The Hall–Kier alpha value is -1.97. The predicted molar refractivity (Wildman–Crippen MR) is 72.4 cm³/mol. The molecule has 0 fully saturated rings. The maximum Gasteiger partial charge on any atom is 0.229 e. The van der Waals surface area contributed by atoms with Crippen LogP contribution in [0, 0.1) is 5.41 Å². The molecule has 4 nitrogen and oxygen atoms in total. The average Bonchev–Trinajstić information content (AvgIpc) is 2.27. The smallest absolute Gasteiger partial charge is 0.229 e. The molecule has 1 amide bonds. The molecule has 0 unspecified atom stereocenters. The van der Waals surface area contributed by atoms with Crippen molar-refractivity contribution < 1.29 is 9.59 Å². The zero-order chi connectivity index (χ0) is 13.9. The van der Waals surface area contributed by atoms with Crippen molar-refractivity contribution in [3.63, 3.8) is 0 Å². The van der Waals surface area contributed by atoms with Crippen LogP contribution in [-0.4, -0.2) is 17.2 Å². The monoisotopic (exact) mass is 246 g/mol. The molecule has 96 valence electrons. The zero-order valence-electron chi connectivity index (χ0n) is 11.2. The number of rotatable bonds is 3. The molecule has 1 aromatic heterocycles. The summed E-state index contributed by atoms with van der Waals surface area (Å²) in [7, 11) is 0. The van der Waals surface area contributed by atoms with Gasteiger partial charge < -0.3 is 5.32 Å². The molecule has 0 aliphatic carbocycles. The second-order valence-electron chi connectivity index (χ2n) is 5.22. The Bertz CT molecular complexity index is 499. The van der Waals surface area contributed by atoms with Gasteiger partial charge in [-0.25, -0.2) is 0 Å². The summed E-state index contributed by atoms with van der Waals surface area (Å²) < 4.78 is 0. The van der Waals surface area contributed by atoms with Gasteiger partial charge in [0.05, 0.1) is 16.9 Å². The second kappa shape index (κ2) is 5.12. The maximum absolute atomic E-state index is 11.9. The predicted octanol–water partition coefficient (Wildman–Crippen LogP) is 2.91. The fraction of sp³-hybridized carbons (Fsp3) is 0.357. The lowest BCUT2D eigenvalue weighted by Crippen LogP contribution is -2.28. The van der Waals surface area contributed by atoms with Crippen LogP contribution in [0.3, 0.4) is 0 Å². The van der Waals surface area contributed by atoms with Crippen LogP contribution in [0.4, 0.5) is 5.69 Å². The van der Waals surface area contributed by atoms with E-state index in [0.717, 1.165) is 0 Å². The molecule has 0 atom stereocenters. The van der Waals surface area contributed by atoms with E-state index in [2.05, 4.69) is 16.9 Å². The minimum absolute atomic E-state index is 0.149. The summed E-state index contributed by atoms with van der Waals surface area (Å²) in [4.78, 5) is 27.2. The molecule has 1 heterocycles. The third-order valence-corrected chi connectivity index (χ3v) is 2.44. The van der Waals surface area contributed by atoms with Gasteiger partial charge in [0.2, 0.25) is 5.91 Å². The Kier molecular flexibility index (Phi) is 4.01. The summed E-state index contributed by atoms with van der Waals surface area (Å²) in [6, 6.07) is 1.61. The van der Waals surface area contributed by atoms with Gasteiger partial charge in [0.15, 0.2) is 6.29 Å². The summed E-state index contributed by atoms with van der Waals surface area (Å²) in [5.74, 6) is -0.149. The fourth-order valence-corrected chi connectivity index (χ4v) is 1.35. The van der Waals surface area contributed by atoms with Crippen LogP contribution in [-0.2, 0) is 4.79 Å². The molecule has 1 rings (SSSR count). The lowest BCUT2D eigenvalue weighted by atomic mass is 9.95. The van der Waals surface area contributed by atoms with Crippen LogP contribution in [0.25, 0.3) is 5.57 Å². The summed E-state index contributed by atoms with van der Waals surface area (Å²) >= 11 is 0. The van der Waals surface area contributed by atoms with E-state index in [0.29, 0.717) is 28.8 Å². The highest BCUT2D eigenvalue weighted by atomic mass is 16.2. The number of aromatic nitrogens is 1. The van der Waals surface area contributed by atoms with E-state index in [4.69, 9.17) is 0 Å². The Morgan fingerprint density at radius 1 is 1.44 bits per heavy atom. The van der Waals surface area contributed by atoms with Gasteiger partial charge >= 0.3 is 0 Å². The molecule has 18 heavy (non-hydrogen) atoms. The third kappa shape index (κ3) is 3.03. The number of carbonyl (C=O) groups excluding carboxylic acids is 2. The van der Waals surface area contributed by atoms with Gasteiger partial charge in [0.25, 0.3) is 0 Å². The van der Waals surface area contributed by atoms with Crippen molar-refractivity contribution in [1.29, 1.82) is 0 Å². The quantitative estimate of drug-likeness (QED) is 0.834. The van der Waals surface area contributed by atoms with E-state index in [1.807, 2.05) is 20.8 Å². The molecule has 0 saturated heterocycles. The first-order chi connectivity index (χ1) is 8.27. The minimum atomic E-state index is -0.521. The summed E-state index contributed by atoms with van der Waals surface area (Å²) in [6.45, 7) is 11.0. The van der Waals surface area contributed by atoms with Crippen LogP contribution >= 0.6 is 0 Å². The Morgan fingerprint density at radius 3 is 2.50 bits per heavy atom. The number of nitrogens with one attached hydrogen (secondary N) is 1. The first-order valence-electron chi connectivity index (χ1n) is 5.69. The molecule has 0 saturated carbocycles. The Labute approximate surface area is 107 Å². The van der Waals surface area contributed by atoms with Crippen molar-refractivity contribution in [2.45, 2.75) is 27.7 Å². The molecule has 0 aliphatic rings. The number of allylic oxidation sites excluding steroid dienone is 1. The van der Waals surface area contributed by atoms with E-state index < -0.39 is 5.41 Å². The Balaban J connectivity index is 3.18. The van der Waals surface area contributed by atoms with Gasteiger partial charge in [-0.05, 0) is 18.6 Å². The minimum Gasteiger partial charge on any atom is -0.325 e. The third-order valence-electron chi connectivity index (χ3n) is 2.44. The molecule has 4 heteroatoms. The normalized spacial score (nSPS) is 10.9. The summed E-state index contributed by atoms with van der Waals surface area (Å²) in [6.07, 6.45) is 2.24. The number of carbonyl (C=O) groups is 2. The number of nitrogens with zero attached hydrogens (tertiary/aromatic N) is 1. The zero-order valence-corrected chi connectivity index (χ0v) is 11.2. The van der Waals surface area contributed by atoms with Crippen LogP contribution in [0.1, 0.15) is 43.7 Å². The van der Waals surface area contributed by atoms with E-state index >= 15 is 0 Å². The lowest BCUT2D eigenvalue weighted by molar-refractivity contribution is -0.123. The molecular formula is C14H18N2O2. The lowest BCUT2D eigenvalue weighted by Gasteiger charge is -2.19. The molecule has 0 aliphatic heterocycles. The molecule has 1 N–H and O–H groups in total. The molecule has 1 aromatic rings. The molecular weight excluding hydrogens is 228 g/mol. The van der Waals surface area contributed by atoms with E-state index in [1.54, 1.807) is 19.2 Å². The van der Waals surface area contributed by atoms with Crippen molar-refractivity contribution in [2.24, 2.45) is 5.41 Å². The van der Waals surface area contributed by atoms with Crippen LogP contribution in [0.5, 0.6) is 0 Å². The summed E-state index contributed by atoms with van der Waals surface area (Å²) in [5, 5.41) is 2.75. The molecule has 0 aromatic carbocycles. The largest absolute Gasteiger partial charge is 0.325 e. The molecule has 0 radical (unpaired) electrons. The van der Waals surface area contributed by atoms with Gasteiger partial charge in [-0.3, -0.25) is 14.6 Å². The van der Waals surface area contributed by atoms with Crippen LogP contribution < -0.4 is 5.32 Å². The van der Waals surface area contributed by atoms with Gasteiger partial charge in [0, 0.05) is 11.6 Å². The van der Waals surface area contributed by atoms with Crippen LogP contribution in [0.15, 0.2) is 18.8 Å². The fourth-order valence-electron chi connectivity index (χ4n) is 1.35. The maximum atomic E-state index is 11.9. The number of pyridine rings is 1. The first kappa shape index (κ1) is 14.1. The van der Waals surface area contributed by atoms with Gasteiger partial charge in [-0.2, -0.15) is 0 Å². The number of amides is 1. The summed E-state index contributed by atoms with van der Waals surface area (Å²) in [5.41, 5.74) is 1.51. The molecule has 0 bridgehead atoms. The van der Waals surface area contributed by atoms with Crippen molar-refractivity contribution in [3.8, 4) is 0 Å². The highest BCUT2D eigenvalue weighted by molar-refractivity contribution is 6.00. The highest BCUT2D eigenvalue weighted by Gasteiger charge is 2.22. The standard InChI is InChI=1S/C14H18N2O2/c1-9(2)12-10(8-17)11(6-7-15-12)16-13(18)14(3,4)5/h6-8H,1H2,2-5H3,(H,15,16,18). The van der Waals surface area contributed by atoms with Crippen molar-refractivity contribution in [1.82, 2.24) is 4.98 Å². The van der Waals surface area contributed by atoms with E-state index in [1.165, 1.54) is 0 Å². The van der Waals surface area contributed by atoms with Gasteiger partial charge in [-0.1, -0.05) is 27.4 Å². The van der Waals surface area contributed by atoms with Crippen molar-refractivity contribution >= 4 is 23.5 Å². The second-order valence-corrected chi connectivity index (χ2v) is 5.22. The van der Waals surface area contributed by atoms with Gasteiger partial charge in [-0.15, -0.1) is 0 Å². The number of anilines is 1. The van der Waals surface area contributed by atoms with E-state index in [-0.39, 0.29) is 5.91 Å². The number of aldehydes is 1. The van der Waals surface area contributed by atoms with E-state index in [9.17, 15) is 9.59 Å². The van der Waals surface area contributed by atoms with Gasteiger partial charge in [0.1, 0.15) is 0 Å².